The first-order valence-electron chi connectivity index (χ1n) is 8.93. The highest BCUT2D eigenvalue weighted by Gasteiger charge is 2.46. The van der Waals surface area contributed by atoms with Gasteiger partial charge in [0.25, 0.3) is 0 Å². The highest BCUT2D eigenvalue weighted by molar-refractivity contribution is 9.10. The smallest absolute Gasteiger partial charge is 0.226 e. The molecule has 2 aliphatic heterocycles. The molecule has 1 aliphatic carbocycles. The van der Waals surface area contributed by atoms with Gasteiger partial charge in [0.15, 0.2) is 0 Å². The van der Waals surface area contributed by atoms with Crippen LogP contribution in [-0.2, 0) is 14.3 Å². The fourth-order valence-electron chi connectivity index (χ4n) is 4.06. The zero-order valence-corrected chi connectivity index (χ0v) is 15.5. The molecule has 4 rings (SSSR count). The second kappa shape index (κ2) is 6.77. The molecule has 0 aromatic heterocycles. The molecule has 2 saturated heterocycles. The first-order valence-corrected chi connectivity index (χ1v) is 9.72. The lowest BCUT2D eigenvalue weighted by atomic mass is 9.90. The molecule has 0 unspecified atom stereocenters. The molecule has 24 heavy (non-hydrogen) atoms. The molecule has 1 amide bonds. The number of benzene rings is 1. The van der Waals surface area contributed by atoms with Crippen molar-refractivity contribution in [1.82, 2.24) is 4.90 Å². The SMILES string of the molecule is O=C([C@@H]1C[C@H]1c1cccc(Br)c1)N1CCOC2(CCOCC2)CC1. The predicted octanol–water partition coefficient (Wildman–Crippen LogP) is 3.35. The maximum absolute atomic E-state index is 12.9. The van der Waals surface area contributed by atoms with Gasteiger partial charge in [-0.1, -0.05) is 28.1 Å². The third-order valence-corrected chi connectivity index (χ3v) is 6.20. The van der Waals surface area contributed by atoms with Crippen molar-refractivity contribution in [2.75, 3.05) is 32.9 Å². The topological polar surface area (TPSA) is 38.8 Å². The number of hydrogen-bond donors (Lipinski definition) is 0. The van der Waals surface area contributed by atoms with Crippen molar-refractivity contribution in [3.8, 4) is 0 Å². The number of ether oxygens (including phenoxy) is 2. The van der Waals surface area contributed by atoms with E-state index in [-0.39, 0.29) is 11.5 Å². The quantitative estimate of drug-likeness (QED) is 0.772. The summed E-state index contributed by atoms with van der Waals surface area (Å²) in [6.45, 7) is 3.76. The predicted molar refractivity (Wildman–Crippen MR) is 94.9 cm³/mol. The maximum atomic E-state index is 12.9. The number of amides is 1. The van der Waals surface area contributed by atoms with Gasteiger partial charge in [-0.05, 0) is 49.3 Å². The minimum Gasteiger partial charge on any atom is -0.381 e. The van der Waals surface area contributed by atoms with Crippen LogP contribution >= 0.6 is 15.9 Å². The Morgan fingerprint density at radius 2 is 2.00 bits per heavy atom. The minimum atomic E-state index is -0.0550. The monoisotopic (exact) mass is 393 g/mol. The fourth-order valence-corrected chi connectivity index (χ4v) is 4.48. The number of halogens is 1. The van der Waals surface area contributed by atoms with Gasteiger partial charge in [0.05, 0.1) is 12.2 Å². The summed E-state index contributed by atoms with van der Waals surface area (Å²) in [5.74, 6) is 0.854. The standard InChI is InChI=1S/C19H24BrNO3/c20-15-3-1-2-14(12-15)16-13-17(16)18(22)21-7-4-19(24-11-8-21)5-9-23-10-6-19/h1-3,12,16-17H,4-11,13H2/t16-,17+/m0/s1. The summed E-state index contributed by atoms with van der Waals surface area (Å²) in [7, 11) is 0. The largest absolute Gasteiger partial charge is 0.381 e. The summed E-state index contributed by atoms with van der Waals surface area (Å²) in [5.41, 5.74) is 1.22. The van der Waals surface area contributed by atoms with Crippen LogP contribution in [0, 0.1) is 5.92 Å². The van der Waals surface area contributed by atoms with E-state index in [1.165, 1.54) is 5.56 Å². The summed E-state index contributed by atoms with van der Waals surface area (Å²) in [6, 6.07) is 8.35. The summed E-state index contributed by atoms with van der Waals surface area (Å²) in [6.07, 6.45) is 3.83. The Balaban J connectivity index is 1.37. The van der Waals surface area contributed by atoms with Crippen molar-refractivity contribution in [2.24, 2.45) is 5.92 Å². The Morgan fingerprint density at radius 1 is 1.17 bits per heavy atom. The van der Waals surface area contributed by atoms with E-state index < -0.39 is 0 Å². The van der Waals surface area contributed by atoms with E-state index in [1.807, 2.05) is 17.0 Å². The molecular weight excluding hydrogens is 370 g/mol. The second-order valence-corrected chi connectivity index (χ2v) is 8.14. The lowest BCUT2D eigenvalue weighted by Gasteiger charge is -2.35. The number of carbonyl (C=O) groups is 1. The molecule has 2 heterocycles. The lowest BCUT2D eigenvalue weighted by molar-refractivity contribution is -0.132. The molecule has 0 bridgehead atoms. The van der Waals surface area contributed by atoms with Crippen LogP contribution in [0.1, 0.15) is 37.2 Å². The molecule has 1 aromatic carbocycles. The lowest BCUT2D eigenvalue weighted by Crippen LogP contribution is -2.40. The summed E-state index contributed by atoms with van der Waals surface area (Å²) in [4.78, 5) is 14.9. The van der Waals surface area contributed by atoms with Crippen LogP contribution in [0.3, 0.4) is 0 Å². The molecule has 4 nitrogen and oxygen atoms in total. The van der Waals surface area contributed by atoms with Gasteiger partial charge in [-0.15, -0.1) is 0 Å². The van der Waals surface area contributed by atoms with Gasteiger partial charge < -0.3 is 14.4 Å². The second-order valence-electron chi connectivity index (χ2n) is 7.22. The van der Waals surface area contributed by atoms with Crippen molar-refractivity contribution < 1.29 is 14.3 Å². The third kappa shape index (κ3) is 3.39. The maximum Gasteiger partial charge on any atom is 0.226 e. The highest BCUT2D eigenvalue weighted by Crippen LogP contribution is 2.49. The molecule has 5 heteroatoms. The Hall–Kier alpha value is -0.910. The average Bonchev–Trinajstić information content (AvgIpc) is 3.40. The van der Waals surface area contributed by atoms with E-state index in [1.54, 1.807) is 0 Å². The highest BCUT2D eigenvalue weighted by atomic mass is 79.9. The van der Waals surface area contributed by atoms with Crippen LogP contribution in [0.5, 0.6) is 0 Å². The number of nitrogens with zero attached hydrogens (tertiary/aromatic N) is 1. The number of carbonyl (C=O) groups excluding carboxylic acids is 1. The van der Waals surface area contributed by atoms with E-state index in [0.29, 0.717) is 18.4 Å². The van der Waals surface area contributed by atoms with Crippen LogP contribution in [0.25, 0.3) is 0 Å². The molecule has 1 aromatic rings. The van der Waals surface area contributed by atoms with E-state index in [2.05, 4.69) is 28.1 Å². The van der Waals surface area contributed by atoms with Crippen molar-refractivity contribution >= 4 is 21.8 Å². The van der Waals surface area contributed by atoms with Crippen molar-refractivity contribution in [3.05, 3.63) is 34.3 Å². The molecule has 3 fully saturated rings. The van der Waals surface area contributed by atoms with E-state index in [0.717, 1.165) is 56.5 Å². The van der Waals surface area contributed by atoms with Crippen LogP contribution < -0.4 is 0 Å². The molecule has 0 radical (unpaired) electrons. The number of hydrogen-bond acceptors (Lipinski definition) is 3. The van der Waals surface area contributed by atoms with Gasteiger partial charge in [-0.2, -0.15) is 0 Å². The van der Waals surface area contributed by atoms with Gasteiger partial charge in [0, 0.05) is 36.7 Å². The van der Waals surface area contributed by atoms with E-state index in [9.17, 15) is 4.79 Å². The molecule has 1 saturated carbocycles. The summed E-state index contributed by atoms with van der Waals surface area (Å²) >= 11 is 3.52. The van der Waals surface area contributed by atoms with Crippen molar-refractivity contribution in [1.29, 1.82) is 0 Å². The first kappa shape index (κ1) is 16.6. The Kier molecular flexibility index (Phi) is 4.67. The normalized spacial score (nSPS) is 29.3. The van der Waals surface area contributed by atoms with Gasteiger partial charge in [0.1, 0.15) is 0 Å². The van der Waals surface area contributed by atoms with Crippen molar-refractivity contribution in [2.45, 2.75) is 37.2 Å². The fraction of sp³-hybridized carbons (Fsp3) is 0.632. The molecule has 1 spiro atoms. The molecular formula is C19H24BrNO3. The van der Waals surface area contributed by atoms with Crippen LogP contribution in [-0.4, -0.2) is 49.3 Å². The Morgan fingerprint density at radius 3 is 2.79 bits per heavy atom. The van der Waals surface area contributed by atoms with Gasteiger partial charge in [-0.25, -0.2) is 0 Å². The molecule has 130 valence electrons. The molecule has 0 N–H and O–H groups in total. The van der Waals surface area contributed by atoms with Crippen LogP contribution in [0.2, 0.25) is 0 Å². The molecule has 3 aliphatic rings. The summed E-state index contributed by atoms with van der Waals surface area (Å²) < 4.78 is 12.7. The zero-order valence-electron chi connectivity index (χ0n) is 13.9. The van der Waals surface area contributed by atoms with E-state index in [4.69, 9.17) is 9.47 Å². The van der Waals surface area contributed by atoms with Gasteiger partial charge in [0.2, 0.25) is 5.91 Å². The summed E-state index contributed by atoms with van der Waals surface area (Å²) in [5, 5.41) is 0. The first-order chi connectivity index (χ1) is 11.7. The Labute approximate surface area is 151 Å². The van der Waals surface area contributed by atoms with Crippen LogP contribution in [0.15, 0.2) is 28.7 Å². The third-order valence-electron chi connectivity index (χ3n) is 5.71. The van der Waals surface area contributed by atoms with Gasteiger partial charge in [-0.3, -0.25) is 4.79 Å². The van der Waals surface area contributed by atoms with Crippen LogP contribution in [0.4, 0.5) is 0 Å². The van der Waals surface area contributed by atoms with Gasteiger partial charge >= 0.3 is 0 Å². The van der Waals surface area contributed by atoms with E-state index >= 15 is 0 Å². The van der Waals surface area contributed by atoms with Crippen molar-refractivity contribution in [3.63, 3.8) is 0 Å². The Bertz CT molecular complexity index is 614. The zero-order chi connectivity index (χ0) is 16.6. The minimum absolute atomic E-state index is 0.0550. The molecule has 2 atom stereocenters. The average molecular weight is 394 g/mol. The number of rotatable bonds is 2.